The maximum absolute atomic E-state index is 12.6. The predicted octanol–water partition coefficient (Wildman–Crippen LogP) is 3.28. The fourth-order valence-electron chi connectivity index (χ4n) is 2.85. The Kier molecular flexibility index (Phi) is 5.16. The number of benzene rings is 1. The number of rotatable bonds is 4. The number of aryl methyl sites for hydroxylation is 1. The van der Waals surface area contributed by atoms with Crippen LogP contribution in [0.5, 0.6) is 5.75 Å². The molecule has 1 fully saturated rings. The number of nitrogens with zero attached hydrogens (tertiary/aromatic N) is 2. The lowest BCUT2D eigenvalue weighted by Gasteiger charge is -2.35. The second-order valence-corrected chi connectivity index (χ2v) is 7.20. The van der Waals surface area contributed by atoms with E-state index in [2.05, 4.69) is 4.98 Å². The number of carbonyl (C=O) groups is 1. The highest BCUT2D eigenvalue weighted by molar-refractivity contribution is 7.09. The number of amides is 1. The number of thiazole rings is 1. The topological polar surface area (TPSA) is 51.7 Å². The van der Waals surface area contributed by atoms with Crippen molar-refractivity contribution in [1.29, 1.82) is 0 Å². The Bertz CT molecular complexity index is 689. The van der Waals surface area contributed by atoms with E-state index in [9.17, 15) is 4.79 Å². The SMILES string of the molecule is Cc1nc(COc2ccc(C(=O)N3C[C@H](C)O[C@@H](C)C3)cc2)cs1. The molecule has 1 aliphatic rings. The molecule has 0 spiro atoms. The van der Waals surface area contributed by atoms with Crippen LogP contribution in [0, 0.1) is 6.92 Å². The molecule has 0 aliphatic carbocycles. The summed E-state index contributed by atoms with van der Waals surface area (Å²) in [5.41, 5.74) is 1.60. The number of carbonyl (C=O) groups excluding carboxylic acids is 1. The molecule has 2 atom stereocenters. The third kappa shape index (κ3) is 4.13. The Hall–Kier alpha value is -1.92. The molecule has 1 amide bonds. The van der Waals surface area contributed by atoms with Gasteiger partial charge in [-0.25, -0.2) is 4.98 Å². The maximum Gasteiger partial charge on any atom is 0.254 e. The number of hydrogen-bond donors (Lipinski definition) is 0. The zero-order chi connectivity index (χ0) is 17.1. The Morgan fingerprint density at radius 2 is 1.96 bits per heavy atom. The molecule has 5 nitrogen and oxygen atoms in total. The highest BCUT2D eigenvalue weighted by Crippen LogP contribution is 2.18. The van der Waals surface area contributed by atoms with Gasteiger partial charge in [0.15, 0.2) is 0 Å². The van der Waals surface area contributed by atoms with Gasteiger partial charge in [-0.05, 0) is 45.0 Å². The van der Waals surface area contributed by atoms with Crippen LogP contribution in [-0.4, -0.2) is 41.1 Å². The summed E-state index contributed by atoms with van der Waals surface area (Å²) in [7, 11) is 0. The molecular weight excluding hydrogens is 324 g/mol. The van der Waals surface area contributed by atoms with Gasteiger partial charge in [0.25, 0.3) is 5.91 Å². The lowest BCUT2D eigenvalue weighted by molar-refractivity contribution is -0.0586. The normalized spacial score (nSPS) is 20.9. The van der Waals surface area contributed by atoms with Gasteiger partial charge in [0.05, 0.1) is 22.9 Å². The van der Waals surface area contributed by atoms with E-state index in [1.807, 2.05) is 55.3 Å². The first kappa shape index (κ1) is 16.9. The van der Waals surface area contributed by atoms with Crippen molar-refractivity contribution in [1.82, 2.24) is 9.88 Å². The highest BCUT2D eigenvalue weighted by atomic mass is 32.1. The van der Waals surface area contributed by atoms with Crippen LogP contribution in [0.2, 0.25) is 0 Å². The van der Waals surface area contributed by atoms with Crippen LogP contribution in [0.1, 0.15) is 34.9 Å². The van der Waals surface area contributed by atoms with Crippen LogP contribution >= 0.6 is 11.3 Å². The van der Waals surface area contributed by atoms with Gasteiger partial charge in [-0.15, -0.1) is 11.3 Å². The number of ether oxygens (including phenoxy) is 2. The minimum Gasteiger partial charge on any atom is -0.487 e. The summed E-state index contributed by atoms with van der Waals surface area (Å²) in [6.45, 7) is 7.66. The zero-order valence-corrected chi connectivity index (χ0v) is 15.0. The van der Waals surface area contributed by atoms with E-state index in [-0.39, 0.29) is 18.1 Å². The lowest BCUT2D eigenvalue weighted by Crippen LogP contribution is -2.48. The fraction of sp³-hybridized carbons (Fsp3) is 0.444. The number of aromatic nitrogens is 1. The minimum absolute atomic E-state index is 0.0404. The summed E-state index contributed by atoms with van der Waals surface area (Å²) in [6, 6.07) is 7.29. The van der Waals surface area contributed by atoms with E-state index < -0.39 is 0 Å². The molecule has 3 rings (SSSR count). The molecular formula is C18H22N2O3S. The van der Waals surface area contributed by atoms with Crippen LogP contribution < -0.4 is 4.74 Å². The second-order valence-electron chi connectivity index (χ2n) is 6.14. The first-order valence-corrected chi connectivity index (χ1v) is 8.98. The summed E-state index contributed by atoms with van der Waals surface area (Å²) in [6.07, 6.45) is 0.142. The molecule has 128 valence electrons. The van der Waals surface area contributed by atoms with E-state index in [4.69, 9.17) is 9.47 Å². The van der Waals surface area contributed by atoms with E-state index in [1.165, 1.54) is 0 Å². The average Bonchev–Trinajstić information content (AvgIpc) is 2.97. The summed E-state index contributed by atoms with van der Waals surface area (Å²) < 4.78 is 11.4. The monoisotopic (exact) mass is 346 g/mol. The van der Waals surface area contributed by atoms with Gasteiger partial charge in [-0.1, -0.05) is 0 Å². The fourth-order valence-corrected chi connectivity index (χ4v) is 3.45. The minimum atomic E-state index is 0.0404. The molecule has 6 heteroatoms. The van der Waals surface area contributed by atoms with Crippen molar-refractivity contribution in [3.05, 3.63) is 45.9 Å². The lowest BCUT2D eigenvalue weighted by atomic mass is 10.1. The summed E-state index contributed by atoms with van der Waals surface area (Å²) in [4.78, 5) is 18.8. The smallest absolute Gasteiger partial charge is 0.254 e. The molecule has 1 aromatic heterocycles. The largest absolute Gasteiger partial charge is 0.487 e. The van der Waals surface area contributed by atoms with Crippen LogP contribution in [0.3, 0.4) is 0 Å². The molecule has 0 unspecified atom stereocenters. The molecule has 24 heavy (non-hydrogen) atoms. The quantitative estimate of drug-likeness (QED) is 0.852. The molecule has 0 N–H and O–H groups in total. The number of hydrogen-bond acceptors (Lipinski definition) is 5. The van der Waals surface area contributed by atoms with E-state index >= 15 is 0 Å². The van der Waals surface area contributed by atoms with Crippen molar-refractivity contribution in [3.63, 3.8) is 0 Å². The Labute approximate surface area is 146 Å². The molecule has 1 aliphatic heterocycles. The summed E-state index contributed by atoms with van der Waals surface area (Å²) in [5, 5.41) is 3.03. The molecule has 0 bridgehead atoms. The second kappa shape index (κ2) is 7.32. The third-order valence-electron chi connectivity index (χ3n) is 3.86. The van der Waals surface area contributed by atoms with E-state index in [1.54, 1.807) is 11.3 Å². The first-order chi connectivity index (χ1) is 11.5. The van der Waals surface area contributed by atoms with Crippen molar-refractivity contribution in [2.45, 2.75) is 39.6 Å². The molecule has 1 saturated heterocycles. The van der Waals surface area contributed by atoms with E-state index in [0.29, 0.717) is 25.3 Å². The van der Waals surface area contributed by atoms with Gasteiger partial charge in [0.2, 0.25) is 0 Å². The van der Waals surface area contributed by atoms with Crippen LogP contribution in [-0.2, 0) is 11.3 Å². The predicted molar refractivity (Wildman–Crippen MR) is 93.5 cm³/mol. The van der Waals surface area contributed by atoms with Crippen LogP contribution in [0.25, 0.3) is 0 Å². The van der Waals surface area contributed by atoms with Crippen molar-refractivity contribution in [2.24, 2.45) is 0 Å². The van der Waals surface area contributed by atoms with Crippen LogP contribution in [0.4, 0.5) is 0 Å². The third-order valence-corrected chi connectivity index (χ3v) is 4.68. The number of morpholine rings is 1. The zero-order valence-electron chi connectivity index (χ0n) is 14.2. The molecule has 1 aromatic carbocycles. The van der Waals surface area contributed by atoms with Gasteiger partial charge in [0.1, 0.15) is 12.4 Å². The Morgan fingerprint density at radius 1 is 1.29 bits per heavy atom. The van der Waals surface area contributed by atoms with Gasteiger partial charge in [0, 0.05) is 24.0 Å². The molecule has 2 heterocycles. The van der Waals surface area contributed by atoms with Gasteiger partial charge < -0.3 is 14.4 Å². The molecule has 2 aromatic rings. The Balaban J connectivity index is 1.60. The average molecular weight is 346 g/mol. The molecule has 0 saturated carbocycles. The van der Waals surface area contributed by atoms with Crippen LogP contribution in [0.15, 0.2) is 29.6 Å². The van der Waals surface area contributed by atoms with Gasteiger partial charge in [-0.3, -0.25) is 4.79 Å². The van der Waals surface area contributed by atoms with Crippen molar-refractivity contribution in [2.75, 3.05) is 13.1 Å². The Morgan fingerprint density at radius 3 is 2.54 bits per heavy atom. The first-order valence-electron chi connectivity index (χ1n) is 8.10. The van der Waals surface area contributed by atoms with Crippen molar-refractivity contribution in [3.8, 4) is 5.75 Å². The molecule has 0 radical (unpaired) electrons. The standard InChI is InChI=1S/C18H22N2O3S/c1-12-8-20(9-13(2)23-12)18(21)15-4-6-17(7-5-15)22-10-16-11-24-14(3)19-16/h4-7,11-13H,8-10H2,1-3H3/t12-,13-/m0/s1. The van der Waals surface area contributed by atoms with Crippen molar-refractivity contribution < 1.29 is 14.3 Å². The summed E-state index contributed by atoms with van der Waals surface area (Å²) in [5.74, 6) is 0.777. The van der Waals surface area contributed by atoms with Crippen molar-refractivity contribution >= 4 is 17.2 Å². The van der Waals surface area contributed by atoms with Gasteiger partial charge >= 0.3 is 0 Å². The summed E-state index contributed by atoms with van der Waals surface area (Å²) >= 11 is 1.61. The van der Waals surface area contributed by atoms with Gasteiger partial charge in [-0.2, -0.15) is 0 Å². The highest BCUT2D eigenvalue weighted by Gasteiger charge is 2.26. The maximum atomic E-state index is 12.6. The van der Waals surface area contributed by atoms with E-state index in [0.717, 1.165) is 16.5 Å².